The lowest BCUT2D eigenvalue weighted by Crippen LogP contribution is -2.40. The molecule has 0 spiro atoms. The van der Waals surface area contributed by atoms with E-state index >= 15 is 0 Å². The number of pyridine rings is 1. The highest BCUT2D eigenvalue weighted by molar-refractivity contribution is 7.90. The van der Waals surface area contributed by atoms with Gasteiger partial charge in [0.2, 0.25) is 5.91 Å². The minimum atomic E-state index is -5.62. The molecule has 0 aliphatic rings. The summed E-state index contributed by atoms with van der Waals surface area (Å²) in [6.45, 7) is 0. The summed E-state index contributed by atoms with van der Waals surface area (Å²) >= 11 is 0. The molecule has 0 bridgehead atoms. The van der Waals surface area contributed by atoms with Crippen molar-refractivity contribution in [2.45, 2.75) is 18.3 Å². The molecule has 1 heterocycles. The third-order valence-corrected chi connectivity index (χ3v) is 2.99. The van der Waals surface area contributed by atoms with Crippen molar-refractivity contribution in [3.8, 4) is 0 Å². The van der Waals surface area contributed by atoms with Gasteiger partial charge >= 0.3 is 15.5 Å². The molecule has 0 unspecified atom stereocenters. The lowest BCUT2D eigenvalue weighted by Gasteiger charge is -2.08. The molecule has 1 aromatic rings. The summed E-state index contributed by atoms with van der Waals surface area (Å²) in [5, 5.41) is 0. The summed E-state index contributed by atoms with van der Waals surface area (Å²) in [6.07, 6.45) is 1.12. The van der Waals surface area contributed by atoms with Crippen molar-refractivity contribution in [1.29, 1.82) is 0 Å². The fourth-order valence-corrected chi connectivity index (χ4v) is 1.56. The van der Waals surface area contributed by atoms with Gasteiger partial charge in [-0.15, -0.1) is 0 Å². The molecule has 9 heteroatoms. The summed E-state index contributed by atoms with van der Waals surface area (Å²) in [5.74, 6) is -1.22. The van der Waals surface area contributed by atoms with Crippen LogP contribution in [0, 0.1) is 0 Å². The van der Waals surface area contributed by atoms with E-state index in [2.05, 4.69) is 4.98 Å². The van der Waals surface area contributed by atoms with Crippen molar-refractivity contribution >= 4 is 15.9 Å². The molecule has 0 atom stereocenters. The zero-order valence-corrected chi connectivity index (χ0v) is 9.75. The first-order chi connectivity index (χ1) is 8.22. The third-order valence-electron chi connectivity index (χ3n) is 1.89. The van der Waals surface area contributed by atoms with Gasteiger partial charge in [0, 0.05) is 18.3 Å². The molecule has 0 saturated carbocycles. The van der Waals surface area contributed by atoms with E-state index in [0.29, 0.717) is 5.69 Å². The SMILES string of the molecule is O=C(CCc1ccccn1)NS(=O)(=O)C(F)(F)F. The van der Waals surface area contributed by atoms with Crippen LogP contribution in [0.15, 0.2) is 24.4 Å². The lowest BCUT2D eigenvalue weighted by molar-refractivity contribution is -0.120. The van der Waals surface area contributed by atoms with Crippen LogP contribution in [-0.2, 0) is 21.2 Å². The van der Waals surface area contributed by atoms with Crippen LogP contribution >= 0.6 is 0 Å². The molecule has 0 saturated heterocycles. The molecule has 1 rings (SSSR count). The van der Waals surface area contributed by atoms with Gasteiger partial charge in [0.1, 0.15) is 0 Å². The monoisotopic (exact) mass is 282 g/mol. The second kappa shape index (κ2) is 5.34. The van der Waals surface area contributed by atoms with Crippen molar-refractivity contribution in [2.75, 3.05) is 0 Å². The van der Waals surface area contributed by atoms with Crippen molar-refractivity contribution in [3.63, 3.8) is 0 Å². The van der Waals surface area contributed by atoms with Crippen molar-refractivity contribution in [2.24, 2.45) is 0 Å². The van der Waals surface area contributed by atoms with Gasteiger partial charge in [-0.25, -0.2) is 4.72 Å². The standard InChI is InChI=1S/C9H9F3N2O3S/c10-9(11,12)18(16,17)14-8(15)5-4-7-3-1-2-6-13-7/h1-3,6H,4-5H2,(H,14,15). The van der Waals surface area contributed by atoms with Crippen LogP contribution in [0.1, 0.15) is 12.1 Å². The number of amides is 1. The number of alkyl halides is 3. The fourth-order valence-electron chi connectivity index (χ4n) is 1.05. The zero-order chi connectivity index (χ0) is 13.8. The number of carbonyl (C=O) groups excluding carboxylic acids is 1. The van der Waals surface area contributed by atoms with Crippen molar-refractivity contribution in [1.82, 2.24) is 9.71 Å². The van der Waals surface area contributed by atoms with Crippen LogP contribution in [0.3, 0.4) is 0 Å². The van der Waals surface area contributed by atoms with Gasteiger partial charge in [-0.1, -0.05) is 6.07 Å². The number of aryl methyl sites for hydroxylation is 1. The van der Waals surface area contributed by atoms with Gasteiger partial charge in [-0.05, 0) is 18.6 Å². The van der Waals surface area contributed by atoms with Crippen LogP contribution in [0.25, 0.3) is 0 Å². The van der Waals surface area contributed by atoms with Gasteiger partial charge in [-0.2, -0.15) is 21.6 Å². The van der Waals surface area contributed by atoms with Crippen LogP contribution < -0.4 is 4.72 Å². The Morgan fingerprint density at radius 1 is 1.33 bits per heavy atom. The van der Waals surface area contributed by atoms with Gasteiger partial charge in [0.05, 0.1) is 0 Å². The Hall–Kier alpha value is -1.64. The van der Waals surface area contributed by atoms with Crippen LogP contribution in [-0.4, -0.2) is 24.8 Å². The van der Waals surface area contributed by atoms with Gasteiger partial charge in [0.15, 0.2) is 0 Å². The maximum atomic E-state index is 11.9. The molecule has 0 aromatic carbocycles. The summed E-state index contributed by atoms with van der Waals surface area (Å²) < 4.78 is 58.0. The Morgan fingerprint density at radius 2 is 2.00 bits per heavy atom. The van der Waals surface area contributed by atoms with E-state index in [1.807, 2.05) is 0 Å². The average molecular weight is 282 g/mol. The van der Waals surface area contributed by atoms with Crippen LogP contribution in [0.5, 0.6) is 0 Å². The Labute approximate surface area is 101 Å². The topological polar surface area (TPSA) is 76.1 Å². The quantitative estimate of drug-likeness (QED) is 0.893. The second-order valence-electron chi connectivity index (χ2n) is 3.30. The number of hydrogen-bond donors (Lipinski definition) is 1. The molecule has 0 aliphatic carbocycles. The molecule has 100 valence electrons. The molecular formula is C9H9F3N2O3S. The summed E-state index contributed by atoms with van der Waals surface area (Å²) in [4.78, 5) is 14.9. The third kappa shape index (κ3) is 3.99. The Balaban J connectivity index is 2.54. The number of nitrogens with one attached hydrogen (secondary N) is 1. The summed E-state index contributed by atoms with van der Waals surface area (Å²) in [6, 6.07) is 4.86. The van der Waals surface area contributed by atoms with Gasteiger partial charge < -0.3 is 0 Å². The van der Waals surface area contributed by atoms with Gasteiger partial charge in [-0.3, -0.25) is 9.78 Å². The highest BCUT2D eigenvalue weighted by Gasteiger charge is 2.46. The van der Waals surface area contributed by atoms with Crippen molar-refractivity contribution in [3.05, 3.63) is 30.1 Å². The zero-order valence-electron chi connectivity index (χ0n) is 8.94. The normalized spacial score (nSPS) is 12.2. The first-order valence-corrected chi connectivity index (χ1v) is 6.22. The molecule has 1 amide bonds. The molecule has 1 aromatic heterocycles. The number of rotatable bonds is 4. The second-order valence-corrected chi connectivity index (χ2v) is 4.97. The van der Waals surface area contributed by atoms with E-state index in [0.717, 1.165) is 4.72 Å². The number of nitrogens with zero attached hydrogens (tertiary/aromatic N) is 1. The Morgan fingerprint density at radius 3 is 2.50 bits per heavy atom. The van der Waals surface area contributed by atoms with Crippen molar-refractivity contribution < 1.29 is 26.4 Å². The number of sulfonamides is 1. The number of hydrogen-bond acceptors (Lipinski definition) is 4. The molecule has 1 N–H and O–H groups in total. The smallest absolute Gasteiger partial charge is 0.274 e. The number of halogens is 3. The van der Waals surface area contributed by atoms with E-state index in [1.165, 1.54) is 6.20 Å². The highest BCUT2D eigenvalue weighted by Crippen LogP contribution is 2.21. The van der Waals surface area contributed by atoms with E-state index in [4.69, 9.17) is 0 Å². The Bertz CT molecular complexity index is 514. The van der Waals surface area contributed by atoms with Gasteiger partial charge in [0.25, 0.3) is 0 Å². The Kier molecular flexibility index (Phi) is 4.28. The lowest BCUT2D eigenvalue weighted by atomic mass is 10.2. The molecule has 5 nitrogen and oxygen atoms in total. The predicted molar refractivity (Wildman–Crippen MR) is 55.7 cm³/mol. The van der Waals surface area contributed by atoms with E-state index in [9.17, 15) is 26.4 Å². The minimum Gasteiger partial charge on any atom is -0.274 e. The molecule has 0 aliphatic heterocycles. The predicted octanol–water partition coefficient (Wildman–Crippen LogP) is 0.980. The average Bonchev–Trinajstić information content (AvgIpc) is 2.26. The molecule has 0 radical (unpaired) electrons. The maximum Gasteiger partial charge on any atom is 0.516 e. The fraction of sp³-hybridized carbons (Fsp3) is 0.333. The number of aromatic nitrogens is 1. The maximum absolute atomic E-state index is 11.9. The van der Waals surface area contributed by atoms with E-state index < -0.39 is 27.9 Å². The summed E-state index contributed by atoms with van der Waals surface area (Å²) in [7, 11) is -5.62. The van der Waals surface area contributed by atoms with Crippen LogP contribution in [0.2, 0.25) is 0 Å². The molecule has 18 heavy (non-hydrogen) atoms. The van der Waals surface area contributed by atoms with Crippen LogP contribution in [0.4, 0.5) is 13.2 Å². The highest BCUT2D eigenvalue weighted by atomic mass is 32.2. The first-order valence-electron chi connectivity index (χ1n) is 4.74. The molecular weight excluding hydrogens is 273 g/mol. The summed E-state index contributed by atoms with van der Waals surface area (Å²) in [5.41, 5.74) is -5.01. The number of carbonyl (C=O) groups is 1. The minimum absolute atomic E-state index is 0.0556. The first kappa shape index (κ1) is 14.4. The van der Waals surface area contributed by atoms with E-state index in [1.54, 1.807) is 18.2 Å². The largest absolute Gasteiger partial charge is 0.516 e. The van der Waals surface area contributed by atoms with E-state index in [-0.39, 0.29) is 6.42 Å². The molecule has 0 fully saturated rings.